The number of benzene rings is 3. The molecule has 0 bridgehead atoms. The Hall–Kier alpha value is -3.99. The monoisotopic (exact) mass is 557 g/mol. The zero-order valence-electron chi connectivity index (χ0n) is 21.9. The number of ether oxygens (including phenoxy) is 1. The molecule has 1 heterocycles. The minimum atomic E-state index is -0.679. The summed E-state index contributed by atoms with van der Waals surface area (Å²) in [5.41, 5.74) is 5.65. The number of nitrogens with zero attached hydrogens (tertiary/aromatic N) is 1. The first-order chi connectivity index (χ1) is 18.7. The molecule has 0 radical (unpaired) electrons. The van der Waals surface area contributed by atoms with Gasteiger partial charge in [-0.05, 0) is 67.3 Å². The highest BCUT2D eigenvalue weighted by molar-refractivity contribution is 8.03. The van der Waals surface area contributed by atoms with Crippen molar-refractivity contribution in [3.05, 3.63) is 122 Å². The first-order valence-corrected chi connectivity index (χ1v) is 13.7. The van der Waals surface area contributed by atoms with Crippen LogP contribution in [0.2, 0.25) is 5.02 Å². The van der Waals surface area contributed by atoms with Crippen LogP contribution in [0.3, 0.4) is 0 Å². The minimum absolute atomic E-state index is 0.0783. The molecule has 39 heavy (non-hydrogen) atoms. The van der Waals surface area contributed by atoms with Crippen LogP contribution < -0.4 is 10.6 Å². The van der Waals surface area contributed by atoms with E-state index in [2.05, 4.69) is 16.7 Å². The topological polar surface area (TPSA) is 91.2 Å². The van der Waals surface area contributed by atoms with Crippen molar-refractivity contribution in [1.82, 2.24) is 5.32 Å². The summed E-state index contributed by atoms with van der Waals surface area (Å²) in [4.78, 5) is 26.1. The number of carbonyl (C=O) groups is 2. The molecule has 0 saturated heterocycles. The van der Waals surface area contributed by atoms with Gasteiger partial charge in [0.25, 0.3) is 0 Å². The summed E-state index contributed by atoms with van der Waals surface area (Å²) in [5.74, 6) is -1.32. The third kappa shape index (κ3) is 7.11. The van der Waals surface area contributed by atoms with Crippen molar-refractivity contribution in [1.29, 1.82) is 5.26 Å². The molecule has 0 fully saturated rings. The van der Waals surface area contributed by atoms with E-state index in [0.29, 0.717) is 26.9 Å². The van der Waals surface area contributed by atoms with E-state index >= 15 is 0 Å². The Morgan fingerprint density at radius 2 is 1.69 bits per heavy atom. The number of allylic oxidation sites excluding steroid dienone is 2. The second-order valence-electron chi connectivity index (χ2n) is 9.28. The Balaban J connectivity index is 1.59. The van der Waals surface area contributed by atoms with Crippen molar-refractivity contribution in [2.75, 3.05) is 11.1 Å². The van der Waals surface area contributed by atoms with Crippen molar-refractivity contribution in [2.24, 2.45) is 0 Å². The number of dihydropyridines is 1. The molecule has 4 rings (SSSR count). The Kier molecular flexibility index (Phi) is 9.13. The second kappa shape index (κ2) is 12.7. The Labute approximate surface area is 237 Å². The molecule has 3 aromatic carbocycles. The number of hydrogen-bond donors (Lipinski definition) is 2. The van der Waals surface area contributed by atoms with Gasteiger partial charge in [-0.25, -0.2) is 4.79 Å². The highest BCUT2D eigenvalue weighted by Gasteiger charge is 2.35. The molecule has 8 heteroatoms. The van der Waals surface area contributed by atoms with Gasteiger partial charge in [0.2, 0.25) is 5.91 Å². The number of esters is 1. The van der Waals surface area contributed by atoms with E-state index in [4.69, 9.17) is 16.3 Å². The van der Waals surface area contributed by atoms with Gasteiger partial charge in [-0.15, -0.1) is 0 Å². The van der Waals surface area contributed by atoms with Gasteiger partial charge < -0.3 is 15.4 Å². The molecule has 1 amide bonds. The van der Waals surface area contributed by atoms with Crippen LogP contribution in [0.4, 0.5) is 5.69 Å². The van der Waals surface area contributed by atoms with Gasteiger partial charge in [0.15, 0.2) is 0 Å². The van der Waals surface area contributed by atoms with Crippen LogP contribution >= 0.6 is 23.4 Å². The van der Waals surface area contributed by atoms with Crippen LogP contribution in [-0.4, -0.2) is 17.6 Å². The molecule has 198 valence electrons. The summed E-state index contributed by atoms with van der Waals surface area (Å²) >= 11 is 7.34. The lowest BCUT2D eigenvalue weighted by Gasteiger charge is -2.29. The van der Waals surface area contributed by atoms with Gasteiger partial charge in [-0.2, -0.15) is 5.26 Å². The smallest absolute Gasteiger partial charge is 0.337 e. The maximum atomic E-state index is 13.4. The maximum Gasteiger partial charge on any atom is 0.337 e. The fourth-order valence-electron chi connectivity index (χ4n) is 4.47. The average molecular weight is 558 g/mol. The van der Waals surface area contributed by atoms with Crippen LogP contribution in [0, 0.1) is 25.2 Å². The number of amides is 1. The Bertz CT molecular complexity index is 1470. The van der Waals surface area contributed by atoms with E-state index in [1.165, 1.54) is 11.8 Å². The summed E-state index contributed by atoms with van der Waals surface area (Å²) in [6.07, 6.45) is 0. The van der Waals surface area contributed by atoms with Gasteiger partial charge in [0.1, 0.15) is 6.61 Å². The lowest BCUT2D eigenvalue weighted by atomic mass is 9.82. The average Bonchev–Trinajstić information content (AvgIpc) is 2.90. The predicted octanol–water partition coefficient (Wildman–Crippen LogP) is 6.77. The number of thioether (sulfide) groups is 1. The maximum absolute atomic E-state index is 13.4. The molecule has 0 aliphatic carbocycles. The SMILES string of the molecule is CC1=C(C(=O)OCc2ccccc2)C(c2ccc(Cl)cc2)C(C#N)=C(SCC(=O)Nc2cc(C)cc(C)c2)N1. The number of aryl methyl sites for hydroxylation is 2. The van der Waals surface area contributed by atoms with Gasteiger partial charge in [0.05, 0.1) is 33.9 Å². The van der Waals surface area contributed by atoms with Gasteiger partial charge >= 0.3 is 5.97 Å². The summed E-state index contributed by atoms with van der Waals surface area (Å²) < 4.78 is 5.66. The zero-order valence-corrected chi connectivity index (χ0v) is 23.5. The lowest BCUT2D eigenvalue weighted by molar-refractivity contribution is -0.140. The molecule has 3 aromatic rings. The van der Waals surface area contributed by atoms with Crippen LogP contribution in [0.25, 0.3) is 0 Å². The van der Waals surface area contributed by atoms with E-state index < -0.39 is 11.9 Å². The number of hydrogen-bond acceptors (Lipinski definition) is 6. The van der Waals surface area contributed by atoms with Crippen molar-refractivity contribution < 1.29 is 14.3 Å². The second-order valence-corrected chi connectivity index (χ2v) is 10.7. The highest BCUT2D eigenvalue weighted by Crippen LogP contribution is 2.41. The molecule has 1 aliphatic heterocycles. The van der Waals surface area contributed by atoms with Crippen LogP contribution in [-0.2, 0) is 20.9 Å². The van der Waals surface area contributed by atoms with Crippen molar-refractivity contribution in [3.63, 3.8) is 0 Å². The molecule has 6 nitrogen and oxygen atoms in total. The largest absolute Gasteiger partial charge is 0.457 e. The molecule has 0 aromatic heterocycles. The summed E-state index contributed by atoms with van der Waals surface area (Å²) in [5, 5.41) is 17.4. The minimum Gasteiger partial charge on any atom is -0.457 e. The molecular formula is C31H28ClN3O3S. The van der Waals surface area contributed by atoms with Gasteiger partial charge in [0, 0.05) is 16.4 Å². The van der Waals surface area contributed by atoms with Gasteiger partial charge in [-0.3, -0.25) is 4.79 Å². The Morgan fingerprint density at radius 3 is 2.33 bits per heavy atom. The molecular weight excluding hydrogens is 530 g/mol. The van der Waals surface area contributed by atoms with E-state index in [1.54, 1.807) is 31.2 Å². The lowest BCUT2D eigenvalue weighted by Crippen LogP contribution is -2.29. The number of nitriles is 1. The van der Waals surface area contributed by atoms with E-state index in [0.717, 1.165) is 27.9 Å². The fourth-order valence-corrected chi connectivity index (χ4v) is 5.49. The molecule has 2 N–H and O–H groups in total. The van der Waals surface area contributed by atoms with Crippen molar-refractivity contribution in [2.45, 2.75) is 33.3 Å². The number of rotatable bonds is 8. The summed E-state index contributed by atoms with van der Waals surface area (Å²) in [7, 11) is 0. The highest BCUT2D eigenvalue weighted by atomic mass is 35.5. The summed E-state index contributed by atoms with van der Waals surface area (Å²) in [6.45, 7) is 5.82. The van der Waals surface area contributed by atoms with Crippen LogP contribution in [0.15, 0.2) is 94.7 Å². The first-order valence-electron chi connectivity index (χ1n) is 12.3. The number of halogens is 1. The number of carbonyl (C=O) groups excluding carboxylic acids is 2. The normalized spacial score (nSPS) is 14.9. The third-order valence-electron chi connectivity index (χ3n) is 6.14. The number of anilines is 1. The van der Waals surface area contributed by atoms with Crippen molar-refractivity contribution in [3.8, 4) is 6.07 Å². The standard InChI is InChI=1S/C31H28ClN3O3S/c1-19-13-20(2)15-25(14-19)35-27(36)18-39-30-26(16-33)29(23-9-11-24(32)12-10-23)28(21(3)34-30)31(37)38-17-22-7-5-4-6-8-22/h4-15,29,34H,17-18H2,1-3H3,(H,35,36). The first kappa shape index (κ1) is 28.0. The molecule has 1 atom stereocenters. The molecule has 1 unspecified atom stereocenters. The van der Waals surface area contributed by atoms with Gasteiger partial charge in [-0.1, -0.05) is 71.9 Å². The zero-order chi connectivity index (χ0) is 27.9. The van der Waals surface area contributed by atoms with E-state index in [-0.39, 0.29) is 18.3 Å². The quantitative estimate of drug-likeness (QED) is 0.297. The fraction of sp³-hybridized carbons (Fsp3) is 0.194. The van der Waals surface area contributed by atoms with E-state index in [1.807, 2.05) is 62.4 Å². The van der Waals surface area contributed by atoms with Crippen molar-refractivity contribution >= 4 is 40.9 Å². The van der Waals surface area contributed by atoms with Crippen LogP contribution in [0.1, 0.15) is 35.1 Å². The predicted molar refractivity (Wildman–Crippen MR) is 156 cm³/mol. The van der Waals surface area contributed by atoms with E-state index in [9.17, 15) is 14.9 Å². The third-order valence-corrected chi connectivity index (χ3v) is 7.41. The molecule has 0 saturated carbocycles. The number of nitrogens with one attached hydrogen (secondary N) is 2. The Morgan fingerprint density at radius 1 is 1.03 bits per heavy atom. The molecule has 0 spiro atoms. The summed E-state index contributed by atoms with van der Waals surface area (Å²) in [6, 6.07) is 24.6. The molecule has 1 aliphatic rings. The van der Waals surface area contributed by atoms with Crippen LogP contribution in [0.5, 0.6) is 0 Å².